The van der Waals surface area contributed by atoms with E-state index >= 15 is 0 Å². The first-order valence-corrected chi connectivity index (χ1v) is 7.63. The Balaban J connectivity index is 2.44. The Hall–Kier alpha value is -1.25. The van der Waals surface area contributed by atoms with E-state index in [1.165, 1.54) is 6.07 Å². The number of aryl methyl sites for hydroxylation is 1. The fraction of sp³-hybridized carbons (Fsp3) is 0.273. The SMILES string of the molecule is Cc1ccc(Br)cc1S(=O)(=O)N1CC(=O)NC(=O)C1. The molecule has 19 heavy (non-hydrogen) atoms. The number of halogens is 1. The minimum atomic E-state index is -3.86. The molecule has 1 aliphatic heterocycles. The molecule has 1 heterocycles. The second-order valence-corrected chi connectivity index (χ2v) is 6.98. The van der Waals surface area contributed by atoms with Crippen LogP contribution in [-0.4, -0.2) is 37.6 Å². The highest BCUT2D eigenvalue weighted by atomic mass is 79.9. The van der Waals surface area contributed by atoms with Gasteiger partial charge in [-0.1, -0.05) is 22.0 Å². The Morgan fingerprint density at radius 2 is 1.79 bits per heavy atom. The highest BCUT2D eigenvalue weighted by Gasteiger charge is 2.33. The molecule has 0 aliphatic carbocycles. The molecule has 1 saturated heterocycles. The van der Waals surface area contributed by atoms with Gasteiger partial charge in [0, 0.05) is 4.47 Å². The number of nitrogens with zero attached hydrogens (tertiary/aromatic N) is 1. The van der Waals surface area contributed by atoms with Crippen LogP contribution in [0.15, 0.2) is 27.6 Å². The van der Waals surface area contributed by atoms with Gasteiger partial charge in [-0.3, -0.25) is 14.9 Å². The van der Waals surface area contributed by atoms with Gasteiger partial charge in [-0.2, -0.15) is 4.31 Å². The summed E-state index contributed by atoms with van der Waals surface area (Å²) in [6, 6.07) is 4.84. The molecule has 0 atom stereocenters. The standard InChI is InChI=1S/C11H11BrN2O4S/c1-7-2-3-8(12)4-9(7)19(17,18)14-5-10(15)13-11(16)6-14/h2-4H,5-6H2,1H3,(H,13,15,16). The van der Waals surface area contributed by atoms with Gasteiger partial charge in [0.05, 0.1) is 18.0 Å². The highest BCUT2D eigenvalue weighted by Crippen LogP contribution is 2.24. The summed E-state index contributed by atoms with van der Waals surface area (Å²) in [6.07, 6.45) is 0. The first kappa shape index (κ1) is 14.2. The molecular formula is C11H11BrN2O4S. The van der Waals surface area contributed by atoms with Gasteiger partial charge in [0.15, 0.2) is 0 Å². The minimum Gasteiger partial charge on any atom is -0.294 e. The molecule has 0 spiro atoms. The summed E-state index contributed by atoms with van der Waals surface area (Å²) in [5.74, 6) is -1.24. The van der Waals surface area contributed by atoms with Crippen LogP contribution in [0.1, 0.15) is 5.56 Å². The van der Waals surface area contributed by atoms with Crippen LogP contribution < -0.4 is 5.32 Å². The van der Waals surface area contributed by atoms with Crippen molar-refractivity contribution >= 4 is 37.8 Å². The molecule has 102 valence electrons. The third-order valence-corrected chi connectivity index (χ3v) is 5.11. The summed E-state index contributed by atoms with van der Waals surface area (Å²) in [5, 5.41) is 2.07. The van der Waals surface area contributed by atoms with Crippen molar-refractivity contribution in [3.05, 3.63) is 28.2 Å². The monoisotopic (exact) mass is 346 g/mol. The maximum absolute atomic E-state index is 12.4. The van der Waals surface area contributed by atoms with Gasteiger partial charge in [-0.05, 0) is 24.6 Å². The van der Waals surface area contributed by atoms with E-state index in [1.807, 2.05) is 0 Å². The fourth-order valence-electron chi connectivity index (χ4n) is 1.77. The summed E-state index contributed by atoms with van der Waals surface area (Å²) in [6.45, 7) is 0.964. The molecule has 8 heteroatoms. The molecule has 0 aromatic heterocycles. The quantitative estimate of drug-likeness (QED) is 0.786. The molecule has 0 unspecified atom stereocenters. The molecule has 1 N–H and O–H groups in total. The van der Waals surface area contributed by atoms with Gasteiger partial charge in [0.1, 0.15) is 0 Å². The normalized spacial score (nSPS) is 17.4. The van der Waals surface area contributed by atoms with Gasteiger partial charge in [0.2, 0.25) is 21.8 Å². The summed E-state index contributed by atoms with van der Waals surface area (Å²) in [4.78, 5) is 22.6. The highest BCUT2D eigenvalue weighted by molar-refractivity contribution is 9.10. The summed E-state index contributed by atoms with van der Waals surface area (Å²) < 4.78 is 26.3. The van der Waals surface area contributed by atoms with Crippen molar-refractivity contribution in [2.24, 2.45) is 0 Å². The van der Waals surface area contributed by atoms with E-state index in [9.17, 15) is 18.0 Å². The average molecular weight is 347 g/mol. The average Bonchev–Trinajstić information content (AvgIpc) is 2.31. The number of hydrogen-bond acceptors (Lipinski definition) is 4. The van der Waals surface area contributed by atoms with Crippen molar-refractivity contribution in [3.63, 3.8) is 0 Å². The molecule has 0 bridgehead atoms. The predicted molar refractivity (Wildman–Crippen MR) is 70.8 cm³/mol. The van der Waals surface area contributed by atoms with Crippen LogP contribution in [0.3, 0.4) is 0 Å². The van der Waals surface area contributed by atoms with Crippen molar-refractivity contribution < 1.29 is 18.0 Å². The van der Waals surface area contributed by atoms with Crippen molar-refractivity contribution in [3.8, 4) is 0 Å². The fourth-order valence-corrected chi connectivity index (χ4v) is 3.89. The maximum Gasteiger partial charge on any atom is 0.244 e. The lowest BCUT2D eigenvalue weighted by Crippen LogP contribution is -2.53. The number of nitrogens with one attached hydrogen (secondary N) is 1. The van der Waals surface area contributed by atoms with Crippen LogP contribution in [-0.2, 0) is 19.6 Å². The molecule has 1 fully saturated rings. The zero-order valence-corrected chi connectivity index (χ0v) is 12.4. The topological polar surface area (TPSA) is 83.6 Å². The Kier molecular flexibility index (Phi) is 3.75. The molecule has 1 aromatic rings. The van der Waals surface area contributed by atoms with Crippen LogP contribution in [0, 0.1) is 6.92 Å². The lowest BCUT2D eigenvalue weighted by Gasteiger charge is -2.25. The molecule has 2 rings (SSSR count). The van der Waals surface area contributed by atoms with E-state index < -0.39 is 21.8 Å². The number of hydrogen-bond donors (Lipinski definition) is 1. The molecule has 2 amide bonds. The van der Waals surface area contributed by atoms with E-state index in [2.05, 4.69) is 21.2 Å². The predicted octanol–water partition coefficient (Wildman–Crippen LogP) is 0.405. The van der Waals surface area contributed by atoms with Crippen molar-refractivity contribution in [1.29, 1.82) is 0 Å². The van der Waals surface area contributed by atoms with Gasteiger partial charge in [-0.25, -0.2) is 8.42 Å². The number of rotatable bonds is 2. The van der Waals surface area contributed by atoms with Crippen molar-refractivity contribution in [2.45, 2.75) is 11.8 Å². The van der Waals surface area contributed by atoms with Crippen LogP contribution in [0.4, 0.5) is 0 Å². The number of amides is 2. The number of imide groups is 1. The number of carbonyl (C=O) groups excluding carboxylic acids is 2. The largest absolute Gasteiger partial charge is 0.294 e. The molecule has 0 radical (unpaired) electrons. The second kappa shape index (κ2) is 5.03. The Morgan fingerprint density at radius 1 is 1.21 bits per heavy atom. The third kappa shape index (κ3) is 2.85. The van der Waals surface area contributed by atoms with E-state index in [4.69, 9.17) is 0 Å². The van der Waals surface area contributed by atoms with Crippen LogP contribution >= 0.6 is 15.9 Å². The zero-order chi connectivity index (χ0) is 14.2. The molecule has 6 nitrogen and oxygen atoms in total. The molecule has 0 saturated carbocycles. The van der Waals surface area contributed by atoms with Crippen molar-refractivity contribution in [1.82, 2.24) is 9.62 Å². The molecule has 1 aromatic carbocycles. The second-order valence-electron chi connectivity index (χ2n) is 4.15. The Morgan fingerprint density at radius 3 is 2.37 bits per heavy atom. The van der Waals surface area contributed by atoms with Gasteiger partial charge < -0.3 is 0 Å². The van der Waals surface area contributed by atoms with Gasteiger partial charge >= 0.3 is 0 Å². The summed E-state index contributed by atoms with van der Waals surface area (Å²) >= 11 is 3.21. The minimum absolute atomic E-state index is 0.0874. The summed E-state index contributed by atoms with van der Waals surface area (Å²) in [5.41, 5.74) is 0.557. The van der Waals surface area contributed by atoms with Crippen LogP contribution in [0.5, 0.6) is 0 Å². The number of carbonyl (C=O) groups is 2. The Bertz CT molecular complexity index is 641. The number of piperazine rings is 1. The van der Waals surface area contributed by atoms with Crippen molar-refractivity contribution in [2.75, 3.05) is 13.1 Å². The van der Waals surface area contributed by atoms with E-state index in [0.29, 0.717) is 10.0 Å². The van der Waals surface area contributed by atoms with Gasteiger partial charge in [-0.15, -0.1) is 0 Å². The maximum atomic E-state index is 12.4. The van der Waals surface area contributed by atoms with E-state index in [1.54, 1.807) is 19.1 Å². The first-order valence-electron chi connectivity index (χ1n) is 5.39. The zero-order valence-electron chi connectivity index (χ0n) is 10.0. The van der Waals surface area contributed by atoms with Crippen LogP contribution in [0.25, 0.3) is 0 Å². The van der Waals surface area contributed by atoms with E-state index in [0.717, 1.165) is 4.31 Å². The lowest BCUT2D eigenvalue weighted by atomic mass is 10.2. The first-order chi connectivity index (χ1) is 8.80. The van der Waals surface area contributed by atoms with E-state index in [-0.39, 0.29) is 18.0 Å². The van der Waals surface area contributed by atoms with Gasteiger partial charge in [0.25, 0.3) is 0 Å². The number of benzene rings is 1. The molecular weight excluding hydrogens is 336 g/mol. The van der Waals surface area contributed by atoms with Crippen LogP contribution in [0.2, 0.25) is 0 Å². The lowest BCUT2D eigenvalue weighted by molar-refractivity contribution is -0.134. The summed E-state index contributed by atoms with van der Waals surface area (Å²) in [7, 11) is -3.86. The third-order valence-electron chi connectivity index (χ3n) is 2.69. The Labute approximate surface area is 119 Å². The smallest absolute Gasteiger partial charge is 0.244 e. The number of sulfonamides is 1. The molecule has 1 aliphatic rings.